The van der Waals surface area contributed by atoms with Crippen molar-refractivity contribution in [2.24, 2.45) is 11.7 Å². The lowest BCUT2D eigenvalue weighted by Crippen LogP contribution is -2.38. The van der Waals surface area contributed by atoms with Gasteiger partial charge in [-0.25, -0.2) is 0 Å². The Kier molecular flexibility index (Phi) is 7.64. The van der Waals surface area contributed by atoms with Gasteiger partial charge in [-0.05, 0) is 49.1 Å². The van der Waals surface area contributed by atoms with E-state index in [0.29, 0.717) is 18.0 Å². The van der Waals surface area contributed by atoms with E-state index in [0.717, 1.165) is 18.7 Å². The molecule has 1 aliphatic rings. The van der Waals surface area contributed by atoms with Gasteiger partial charge in [0, 0.05) is 31.2 Å². The first-order valence-corrected chi connectivity index (χ1v) is 8.97. The van der Waals surface area contributed by atoms with Gasteiger partial charge in [0.2, 0.25) is 0 Å². The molecule has 0 bridgehead atoms. The Bertz CT molecular complexity index is 703. The van der Waals surface area contributed by atoms with E-state index in [1.165, 1.54) is 18.4 Å². The highest BCUT2D eigenvalue weighted by molar-refractivity contribution is 5.94. The van der Waals surface area contributed by atoms with Gasteiger partial charge in [-0.15, -0.1) is 12.4 Å². The third-order valence-electron chi connectivity index (χ3n) is 4.66. The second-order valence-corrected chi connectivity index (χ2v) is 7.07. The van der Waals surface area contributed by atoms with Gasteiger partial charge in [0.25, 0.3) is 5.91 Å². The lowest BCUT2D eigenvalue weighted by Gasteiger charge is -2.17. The number of hydrogen-bond acceptors (Lipinski definition) is 3. The molecule has 2 aromatic carbocycles. The van der Waals surface area contributed by atoms with Crippen molar-refractivity contribution in [3.8, 4) is 0 Å². The molecule has 0 aliphatic heterocycles. The minimum Gasteiger partial charge on any atom is -0.350 e. The van der Waals surface area contributed by atoms with Crippen LogP contribution in [0.1, 0.15) is 34.3 Å². The molecule has 1 saturated carbocycles. The molecule has 2 aromatic rings. The van der Waals surface area contributed by atoms with Gasteiger partial charge in [-0.1, -0.05) is 42.5 Å². The molecule has 0 aromatic heterocycles. The summed E-state index contributed by atoms with van der Waals surface area (Å²) in [4.78, 5) is 14.6. The maximum Gasteiger partial charge on any atom is 0.251 e. The third-order valence-corrected chi connectivity index (χ3v) is 4.66. The fourth-order valence-electron chi connectivity index (χ4n) is 3.08. The number of nitrogens with two attached hydrogens (primary N) is 1. The molecule has 5 heteroatoms. The molecule has 4 nitrogen and oxygen atoms in total. The summed E-state index contributed by atoms with van der Waals surface area (Å²) in [6.45, 7) is 2.24. The first kappa shape index (κ1) is 20.4. The predicted molar refractivity (Wildman–Crippen MR) is 108 cm³/mol. The Morgan fingerprint density at radius 2 is 1.77 bits per heavy atom. The van der Waals surface area contributed by atoms with Gasteiger partial charge < -0.3 is 11.1 Å². The van der Waals surface area contributed by atoms with Crippen LogP contribution in [0.25, 0.3) is 0 Å². The number of carbonyl (C=O) groups excluding carboxylic acids is 1. The van der Waals surface area contributed by atoms with Crippen molar-refractivity contribution in [3.05, 3.63) is 71.3 Å². The number of nitrogens with zero attached hydrogens (tertiary/aromatic N) is 1. The molecule has 0 saturated heterocycles. The molecular formula is C21H28ClN3O. The molecule has 3 N–H and O–H groups in total. The van der Waals surface area contributed by atoms with Gasteiger partial charge in [-0.2, -0.15) is 0 Å². The number of benzene rings is 2. The molecule has 1 fully saturated rings. The molecule has 1 unspecified atom stereocenters. The molecule has 1 atom stereocenters. The van der Waals surface area contributed by atoms with E-state index in [4.69, 9.17) is 5.73 Å². The third kappa shape index (κ3) is 6.13. The number of carbonyl (C=O) groups is 1. The second kappa shape index (κ2) is 9.72. The van der Waals surface area contributed by atoms with Crippen molar-refractivity contribution in [1.82, 2.24) is 10.2 Å². The quantitative estimate of drug-likeness (QED) is 0.747. The summed E-state index contributed by atoms with van der Waals surface area (Å²) in [5.41, 5.74) is 9.18. The number of hydrogen-bond donors (Lipinski definition) is 2. The summed E-state index contributed by atoms with van der Waals surface area (Å²) in [5.74, 6) is 0.557. The van der Waals surface area contributed by atoms with E-state index < -0.39 is 0 Å². The first-order valence-electron chi connectivity index (χ1n) is 8.97. The van der Waals surface area contributed by atoms with Gasteiger partial charge in [-0.3, -0.25) is 9.69 Å². The monoisotopic (exact) mass is 373 g/mol. The number of amides is 1. The zero-order valence-corrected chi connectivity index (χ0v) is 16.0. The van der Waals surface area contributed by atoms with Gasteiger partial charge in [0.1, 0.15) is 0 Å². The molecule has 1 aliphatic carbocycles. The molecule has 140 valence electrons. The zero-order valence-electron chi connectivity index (χ0n) is 15.2. The maximum absolute atomic E-state index is 12.3. The summed E-state index contributed by atoms with van der Waals surface area (Å²) in [6.07, 6.45) is 2.39. The summed E-state index contributed by atoms with van der Waals surface area (Å²) >= 11 is 0. The Labute approximate surface area is 162 Å². The standard InChI is InChI=1S/C21H27N3O.ClH/c1-24(14-16-6-3-2-4-7-16)15-17-8-5-9-19(12-17)21(25)23-13-20(22)18-10-11-18;/h2-9,12,18,20H,10-11,13-15,22H2,1H3,(H,23,25);1H. The summed E-state index contributed by atoms with van der Waals surface area (Å²) in [7, 11) is 2.09. The van der Waals surface area contributed by atoms with Crippen LogP contribution in [0.4, 0.5) is 0 Å². The van der Waals surface area contributed by atoms with Crippen molar-refractivity contribution in [2.45, 2.75) is 32.0 Å². The predicted octanol–water partition coefficient (Wildman–Crippen LogP) is 3.21. The largest absolute Gasteiger partial charge is 0.350 e. The van der Waals surface area contributed by atoms with Crippen molar-refractivity contribution in [1.29, 1.82) is 0 Å². The van der Waals surface area contributed by atoms with Gasteiger partial charge >= 0.3 is 0 Å². The lowest BCUT2D eigenvalue weighted by atomic mass is 10.1. The van der Waals surface area contributed by atoms with Crippen molar-refractivity contribution >= 4 is 18.3 Å². The molecule has 0 radical (unpaired) electrons. The maximum atomic E-state index is 12.3. The summed E-state index contributed by atoms with van der Waals surface area (Å²) < 4.78 is 0. The fraction of sp³-hybridized carbons (Fsp3) is 0.381. The molecule has 1 amide bonds. The normalized spacial score (nSPS) is 14.6. The smallest absolute Gasteiger partial charge is 0.251 e. The van der Waals surface area contributed by atoms with Crippen LogP contribution in [0.2, 0.25) is 0 Å². The van der Waals surface area contributed by atoms with Crippen LogP contribution in [-0.4, -0.2) is 30.4 Å². The van der Waals surface area contributed by atoms with Crippen LogP contribution >= 0.6 is 12.4 Å². The van der Waals surface area contributed by atoms with Crippen molar-refractivity contribution in [2.75, 3.05) is 13.6 Å². The van der Waals surface area contributed by atoms with Crippen LogP contribution in [-0.2, 0) is 13.1 Å². The van der Waals surface area contributed by atoms with Crippen molar-refractivity contribution in [3.63, 3.8) is 0 Å². The molecule has 0 heterocycles. The van der Waals surface area contributed by atoms with Crippen LogP contribution in [0.5, 0.6) is 0 Å². The fourth-order valence-corrected chi connectivity index (χ4v) is 3.08. The zero-order chi connectivity index (χ0) is 17.6. The van der Waals surface area contributed by atoms with E-state index in [1.807, 2.05) is 24.3 Å². The molecule has 3 rings (SSSR count). The lowest BCUT2D eigenvalue weighted by molar-refractivity contribution is 0.0950. The van der Waals surface area contributed by atoms with Crippen LogP contribution in [0.3, 0.4) is 0 Å². The van der Waals surface area contributed by atoms with E-state index in [9.17, 15) is 4.79 Å². The average Bonchev–Trinajstić information content (AvgIpc) is 3.45. The Hall–Kier alpha value is -1.88. The molecular weight excluding hydrogens is 346 g/mol. The van der Waals surface area contributed by atoms with Gasteiger partial charge in [0.05, 0.1) is 0 Å². The minimum absolute atomic E-state index is 0. The SMILES string of the molecule is CN(Cc1ccccc1)Cc1cccc(C(=O)NCC(N)C2CC2)c1.Cl. The Morgan fingerprint density at radius 3 is 2.46 bits per heavy atom. The number of rotatable bonds is 8. The van der Waals surface area contributed by atoms with E-state index >= 15 is 0 Å². The first-order chi connectivity index (χ1) is 12.1. The van der Waals surface area contributed by atoms with E-state index in [2.05, 4.69) is 47.6 Å². The Balaban J connectivity index is 0.00000243. The van der Waals surface area contributed by atoms with Crippen LogP contribution < -0.4 is 11.1 Å². The number of nitrogens with one attached hydrogen (secondary N) is 1. The highest BCUT2D eigenvalue weighted by Gasteiger charge is 2.28. The van der Waals surface area contributed by atoms with Crippen LogP contribution in [0, 0.1) is 5.92 Å². The molecule has 0 spiro atoms. The molecule has 26 heavy (non-hydrogen) atoms. The summed E-state index contributed by atoms with van der Waals surface area (Å²) in [5, 5.41) is 2.96. The minimum atomic E-state index is -0.0383. The highest BCUT2D eigenvalue weighted by atomic mass is 35.5. The van der Waals surface area contributed by atoms with E-state index in [-0.39, 0.29) is 24.4 Å². The highest BCUT2D eigenvalue weighted by Crippen LogP contribution is 2.31. The number of halogens is 1. The topological polar surface area (TPSA) is 58.4 Å². The van der Waals surface area contributed by atoms with E-state index in [1.54, 1.807) is 0 Å². The van der Waals surface area contributed by atoms with Crippen molar-refractivity contribution < 1.29 is 4.79 Å². The van der Waals surface area contributed by atoms with Gasteiger partial charge in [0.15, 0.2) is 0 Å². The van der Waals surface area contributed by atoms with Crippen LogP contribution in [0.15, 0.2) is 54.6 Å². The average molecular weight is 374 g/mol. The summed E-state index contributed by atoms with van der Waals surface area (Å²) in [6, 6.07) is 18.3. The second-order valence-electron chi connectivity index (χ2n) is 7.07. The Morgan fingerprint density at radius 1 is 1.12 bits per heavy atom.